The Labute approximate surface area is 133 Å². The van der Waals surface area contributed by atoms with Crippen LogP contribution in [0.25, 0.3) is 11.0 Å². The van der Waals surface area contributed by atoms with Gasteiger partial charge >= 0.3 is 0 Å². The van der Waals surface area contributed by atoms with Crippen molar-refractivity contribution in [3.8, 4) is 0 Å². The Morgan fingerprint density at radius 1 is 1.33 bits per heavy atom. The second-order valence-electron chi connectivity index (χ2n) is 4.90. The van der Waals surface area contributed by atoms with Crippen molar-refractivity contribution in [2.75, 3.05) is 12.3 Å². The summed E-state index contributed by atoms with van der Waals surface area (Å²) in [5.74, 6) is 0.350. The molecule has 0 radical (unpaired) electrons. The smallest absolute Gasteiger partial charge is 0.164 e. The van der Waals surface area contributed by atoms with Gasteiger partial charge in [-0.3, -0.25) is 0 Å². The van der Waals surface area contributed by atoms with Gasteiger partial charge in [0.05, 0.1) is 11.5 Å². The summed E-state index contributed by atoms with van der Waals surface area (Å²) < 4.78 is 8.14. The summed E-state index contributed by atoms with van der Waals surface area (Å²) in [7, 11) is 0. The van der Waals surface area contributed by atoms with Gasteiger partial charge in [0.25, 0.3) is 0 Å². The van der Waals surface area contributed by atoms with Gasteiger partial charge in [0.1, 0.15) is 30.0 Å². The van der Waals surface area contributed by atoms with Gasteiger partial charge in [-0.25, -0.2) is 9.97 Å². The minimum absolute atomic E-state index is 0.125. The number of aliphatic hydroxyl groups excluding tert-OH is 3. The molecule has 1 aliphatic heterocycles. The predicted molar refractivity (Wildman–Crippen MR) is 82.3 cm³/mol. The number of aromatic nitrogens is 3. The molecule has 0 aliphatic carbocycles. The Balaban J connectivity index is 2.03. The lowest BCUT2D eigenvalue weighted by atomic mass is 10.1. The lowest BCUT2D eigenvalue weighted by Crippen LogP contribution is -2.31. The van der Waals surface area contributed by atoms with E-state index in [0.29, 0.717) is 16.9 Å². The molecule has 3 heterocycles. The van der Waals surface area contributed by atoms with E-state index in [9.17, 15) is 10.2 Å². The Morgan fingerprint density at radius 2 is 2.10 bits per heavy atom. The van der Waals surface area contributed by atoms with E-state index in [1.807, 2.05) is 0 Å². The molecular formula is C12H15IN4O4. The number of hydrogen-bond acceptors (Lipinski definition) is 7. The maximum atomic E-state index is 10.2. The molecule has 0 unspecified atom stereocenters. The molecule has 5 N–H and O–H groups in total. The lowest BCUT2D eigenvalue weighted by molar-refractivity contribution is -0.0403. The first-order chi connectivity index (χ1) is 10.0. The van der Waals surface area contributed by atoms with Crippen molar-refractivity contribution in [2.24, 2.45) is 0 Å². The summed E-state index contributed by atoms with van der Waals surface area (Å²) >= 11 is 2.10. The molecule has 4 atom stereocenters. The van der Waals surface area contributed by atoms with E-state index < -0.39 is 24.5 Å². The van der Waals surface area contributed by atoms with Gasteiger partial charge < -0.3 is 30.4 Å². The normalized spacial score (nSPS) is 29.3. The number of nitrogen functional groups attached to an aromatic ring is 1. The zero-order chi connectivity index (χ0) is 15.1. The molecule has 0 saturated carbocycles. The van der Waals surface area contributed by atoms with E-state index >= 15 is 0 Å². The van der Waals surface area contributed by atoms with Crippen LogP contribution < -0.4 is 5.73 Å². The molecule has 1 aliphatic rings. The van der Waals surface area contributed by atoms with E-state index in [-0.39, 0.29) is 13.0 Å². The summed E-state index contributed by atoms with van der Waals surface area (Å²) in [4.78, 5) is 8.13. The van der Waals surface area contributed by atoms with Crippen LogP contribution in [0.5, 0.6) is 0 Å². The Morgan fingerprint density at radius 3 is 2.81 bits per heavy atom. The highest BCUT2D eigenvalue weighted by atomic mass is 127. The average molecular weight is 406 g/mol. The Kier molecular flexibility index (Phi) is 4.01. The molecule has 3 rings (SSSR count). The van der Waals surface area contributed by atoms with E-state index in [4.69, 9.17) is 15.6 Å². The van der Waals surface area contributed by atoms with E-state index in [0.717, 1.165) is 3.57 Å². The van der Waals surface area contributed by atoms with Crippen molar-refractivity contribution in [1.29, 1.82) is 0 Å². The van der Waals surface area contributed by atoms with Gasteiger partial charge in [-0.2, -0.15) is 0 Å². The van der Waals surface area contributed by atoms with E-state index in [1.165, 1.54) is 6.33 Å². The molecule has 21 heavy (non-hydrogen) atoms. The van der Waals surface area contributed by atoms with Crippen LogP contribution in [0.15, 0.2) is 12.5 Å². The number of rotatable bonds is 3. The quantitative estimate of drug-likeness (QED) is 0.512. The van der Waals surface area contributed by atoms with Crippen LogP contribution in [0.4, 0.5) is 5.82 Å². The molecule has 2 aromatic heterocycles. The van der Waals surface area contributed by atoms with Crippen molar-refractivity contribution < 1.29 is 20.1 Å². The van der Waals surface area contributed by atoms with Gasteiger partial charge in [0.15, 0.2) is 6.23 Å². The summed E-state index contributed by atoms with van der Waals surface area (Å²) in [5, 5.41) is 29.9. The van der Waals surface area contributed by atoms with Gasteiger partial charge in [0, 0.05) is 16.4 Å². The number of aliphatic hydroxyl groups is 3. The minimum Gasteiger partial charge on any atom is -0.396 e. The highest BCUT2D eigenvalue weighted by molar-refractivity contribution is 14.1. The minimum atomic E-state index is -1.11. The van der Waals surface area contributed by atoms with Crippen molar-refractivity contribution in [3.05, 3.63) is 16.1 Å². The summed E-state index contributed by atoms with van der Waals surface area (Å²) in [6.45, 7) is -0.125. The number of fused-ring (bicyclic) bond motifs is 1. The van der Waals surface area contributed by atoms with Gasteiger partial charge in [-0.1, -0.05) is 0 Å². The monoisotopic (exact) mass is 406 g/mol. The number of hydrogen-bond donors (Lipinski definition) is 4. The molecule has 8 nitrogen and oxygen atoms in total. The summed E-state index contributed by atoms with van der Waals surface area (Å²) in [5.41, 5.74) is 6.39. The first kappa shape index (κ1) is 14.9. The first-order valence-electron chi connectivity index (χ1n) is 6.43. The van der Waals surface area contributed by atoms with Crippen LogP contribution in [0.2, 0.25) is 0 Å². The Bertz CT molecular complexity index is 664. The van der Waals surface area contributed by atoms with Crippen molar-refractivity contribution in [2.45, 2.75) is 31.0 Å². The second-order valence-corrected chi connectivity index (χ2v) is 6.06. The van der Waals surface area contributed by atoms with Crippen LogP contribution in [0, 0.1) is 3.57 Å². The molecule has 0 spiro atoms. The third-order valence-electron chi connectivity index (χ3n) is 3.62. The van der Waals surface area contributed by atoms with E-state index in [1.54, 1.807) is 10.8 Å². The zero-order valence-corrected chi connectivity index (χ0v) is 13.1. The molecule has 2 aromatic rings. The maximum absolute atomic E-state index is 10.2. The number of nitrogens with zero attached hydrogens (tertiary/aromatic N) is 3. The van der Waals surface area contributed by atoms with Crippen LogP contribution in [-0.4, -0.2) is 54.8 Å². The largest absolute Gasteiger partial charge is 0.396 e. The topological polar surface area (TPSA) is 127 Å². The molecule has 9 heteroatoms. The van der Waals surface area contributed by atoms with E-state index in [2.05, 4.69) is 32.6 Å². The number of anilines is 1. The molecule has 1 fully saturated rings. The molecule has 114 valence electrons. The number of halogens is 1. The van der Waals surface area contributed by atoms with Crippen molar-refractivity contribution in [1.82, 2.24) is 14.5 Å². The van der Waals surface area contributed by atoms with Gasteiger partial charge in [-0.15, -0.1) is 0 Å². The maximum Gasteiger partial charge on any atom is 0.164 e. The van der Waals surface area contributed by atoms with Crippen molar-refractivity contribution in [3.63, 3.8) is 0 Å². The third kappa shape index (κ3) is 2.38. The predicted octanol–water partition coefficient (Wildman–Crippen LogP) is -0.380. The van der Waals surface area contributed by atoms with Crippen molar-refractivity contribution >= 4 is 39.4 Å². The number of nitrogens with two attached hydrogens (primary N) is 1. The molecule has 0 aromatic carbocycles. The fourth-order valence-electron chi connectivity index (χ4n) is 2.58. The van der Waals surface area contributed by atoms with Gasteiger partial charge in [-0.05, 0) is 29.0 Å². The second kappa shape index (κ2) is 5.65. The van der Waals surface area contributed by atoms with Crippen LogP contribution in [0.3, 0.4) is 0 Å². The van der Waals surface area contributed by atoms with Crippen LogP contribution in [-0.2, 0) is 4.74 Å². The molecule has 0 amide bonds. The average Bonchev–Trinajstić information content (AvgIpc) is 2.93. The van der Waals surface area contributed by atoms with Gasteiger partial charge in [0.2, 0.25) is 0 Å². The lowest BCUT2D eigenvalue weighted by Gasteiger charge is -2.17. The first-order valence-corrected chi connectivity index (χ1v) is 7.51. The molecular weight excluding hydrogens is 391 g/mol. The Hall–Kier alpha value is -1.01. The van der Waals surface area contributed by atoms with Crippen LogP contribution >= 0.6 is 22.6 Å². The number of ether oxygens (including phenoxy) is 1. The standard InChI is InChI=1S/C12H15IN4O4/c13-5-3-17(11-7(5)10(14)15-4-16-11)12-9(20)8(19)6(21-12)1-2-18/h3-4,6,8-9,12,18-20H,1-2H2,(H2,14,15,16)/t6-,8+,9+,12+/m0/s1. The summed E-state index contributed by atoms with van der Waals surface area (Å²) in [6, 6.07) is 0. The fourth-order valence-corrected chi connectivity index (χ4v) is 3.40. The molecule has 0 bridgehead atoms. The highest BCUT2D eigenvalue weighted by Gasteiger charge is 2.43. The zero-order valence-electron chi connectivity index (χ0n) is 10.9. The highest BCUT2D eigenvalue weighted by Crippen LogP contribution is 2.35. The fraction of sp³-hybridized carbons (Fsp3) is 0.500. The summed E-state index contributed by atoms with van der Waals surface area (Å²) in [6.07, 6.45) is -0.227. The molecule has 1 saturated heterocycles. The third-order valence-corrected chi connectivity index (χ3v) is 4.44. The van der Waals surface area contributed by atoms with Crippen LogP contribution in [0.1, 0.15) is 12.6 Å². The SMILES string of the molecule is Nc1ncnc2c1c(I)cn2[C@@H]1O[C@@H](CCO)[C@@H](O)[C@H]1O.